The van der Waals surface area contributed by atoms with Gasteiger partial charge in [-0.3, -0.25) is 4.79 Å². The second-order valence-corrected chi connectivity index (χ2v) is 4.29. The van der Waals surface area contributed by atoms with Gasteiger partial charge in [0.1, 0.15) is 11.9 Å². The highest BCUT2D eigenvalue weighted by molar-refractivity contribution is 5.88. The van der Waals surface area contributed by atoms with E-state index in [2.05, 4.69) is 10.6 Å². The standard InChI is InChI=1S/C13H18N2O2.ClH/c1-10(16)15-11-4-6-12(7-5-11)17-13-3-2-8-14-9-13;/h4-7,13-14H,2-3,8-9H2,1H3,(H,15,16);1H. The van der Waals surface area contributed by atoms with Crippen molar-refractivity contribution in [2.75, 3.05) is 18.4 Å². The van der Waals surface area contributed by atoms with Gasteiger partial charge in [0, 0.05) is 19.2 Å². The molecule has 0 radical (unpaired) electrons. The highest BCUT2D eigenvalue weighted by Gasteiger charge is 2.13. The minimum absolute atomic E-state index is 0. The highest BCUT2D eigenvalue weighted by Crippen LogP contribution is 2.18. The van der Waals surface area contributed by atoms with Crippen LogP contribution in [0.1, 0.15) is 19.8 Å². The topological polar surface area (TPSA) is 50.4 Å². The third kappa shape index (κ3) is 4.55. The van der Waals surface area contributed by atoms with Crippen LogP contribution in [0.3, 0.4) is 0 Å². The molecule has 1 aromatic rings. The Bertz CT molecular complexity index is 375. The van der Waals surface area contributed by atoms with Crippen LogP contribution in [0.4, 0.5) is 5.69 Å². The van der Waals surface area contributed by atoms with Crippen LogP contribution in [0.2, 0.25) is 0 Å². The van der Waals surface area contributed by atoms with Gasteiger partial charge in [0.05, 0.1) is 0 Å². The van der Waals surface area contributed by atoms with Gasteiger partial charge in [0.25, 0.3) is 0 Å². The van der Waals surface area contributed by atoms with E-state index in [4.69, 9.17) is 4.74 Å². The van der Waals surface area contributed by atoms with Crippen LogP contribution in [0.25, 0.3) is 0 Å². The molecule has 2 rings (SSSR count). The van der Waals surface area contributed by atoms with Crippen molar-refractivity contribution in [3.8, 4) is 5.75 Å². The second-order valence-electron chi connectivity index (χ2n) is 4.29. The third-order valence-electron chi connectivity index (χ3n) is 2.73. The normalized spacial score (nSPS) is 18.6. The molecule has 1 aliphatic heterocycles. The highest BCUT2D eigenvalue weighted by atomic mass is 35.5. The molecule has 1 amide bonds. The number of carbonyl (C=O) groups is 1. The summed E-state index contributed by atoms with van der Waals surface area (Å²) in [5.41, 5.74) is 0.798. The van der Waals surface area contributed by atoms with Crippen LogP contribution in [0.15, 0.2) is 24.3 Å². The van der Waals surface area contributed by atoms with Crippen molar-refractivity contribution in [2.24, 2.45) is 0 Å². The summed E-state index contributed by atoms with van der Waals surface area (Å²) in [4.78, 5) is 10.9. The van der Waals surface area contributed by atoms with Gasteiger partial charge in [0.15, 0.2) is 0 Å². The molecule has 1 fully saturated rings. The van der Waals surface area contributed by atoms with E-state index in [9.17, 15) is 4.79 Å². The van der Waals surface area contributed by atoms with Crippen molar-refractivity contribution in [2.45, 2.75) is 25.9 Å². The van der Waals surface area contributed by atoms with Gasteiger partial charge in [-0.2, -0.15) is 0 Å². The van der Waals surface area contributed by atoms with Crippen LogP contribution >= 0.6 is 12.4 Å². The average Bonchev–Trinajstić information content (AvgIpc) is 2.32. The number of anilines is 1. The fourth-order valence-electron chi connectivity index (χ4n) is 1.93. The van der Waals surface area contributed by atoms with Crippen molar-refractivity contribution in [3.63, 3.8) is 0 Å². The maximum atomic E-state index is 10.9. The summed E-state index contributed by atoms with van der Waals surface area (Å²) in [6.07, 6.45) is 2.52. The molecule has 5 heteroatoms. The smallest absolute Gasteiger partial charge is 0.221 e. The Morgan fingerprint density at radius 2 is 2.11 bits per heavy atom. The van der Waals surface area contributed by atoms with E-state index in [1.165, 1.54) is 6.92 Å². The van der Waals surface area contributed by atoms with Crippen molar-refractivity contribution in [1.29, 1.82) is 0 Å². The number of hydrogen-bond acceptors (Lipinski definition) is 3. The molecule has 0 spiro atoms. The Balaban J connectivity index is 0.00000162. The van der Waals surface area contributed by atoms with Crippen LogP contribution in [0.5, 0.6) is 5.75 Å². The molecule has 0 aliphatic carbocycles. The first-order valence-corrected chi connectivity index (χ1v) is 5.99. The Morgan fingerprint density at radius 1 is 1.39 bits per heavy atom. The first-order valence-electron chi connectivity index (χ1n) is 5.99. The lowest BCUT2D eigenvalue weighted by atomic mass is 10.1. The summed E-state index contributed by atoms with van der Waals surface area (Å²) in [7, 11) is 0. The number of benzene rings is 1. The summed E-state index contributed by atoms with van der Waals surface area (Å²) >= 11 is 0. The molecule has 18 heavy (non-hydrogen) atoms. The lowest BCUT2D eigenvalue weighted by molar-refractivity contribution is -0.114. The Kier molecular flexibility index (Phi) is 5.95. The number of ether oxygens (including phenoxy) is 1. The van der Waals surface area contributed by atoms with Crippen LogP contribution in [-0.2, 0) is 4.79 Å². The van der Waals surface area contributed by atoms with Gasteiger partial charge in [-0.15, -0.1) is 12.4 Å². The fourth-order valence-corrected chi connectivity index (χ4v) is 1.93. The minimum Gasteiger partial charge on any atom is -0.489 e. The quantitative estimate of drug-likeness (QED) is 0.885. The molecule has 1 atom stereocenters. The summed E-state index contributed by atoms with van der Waals surface area (Å²) in [6, 6.07) is 7.49. The monoisotopic (exact) mass is 270 g/mol. The summed E-state index contributed by atoms with van der Waals surface area (Å²) < 4.78 is 5.84. The summed E-state index contributed by atoms with van der Waals surface area (Å²) in [6.45, 7) is 3.49. The van der Waals surface area contributed by atoms with Gasteiger partial charge in [-0.1, -0.05) is 0 Å². The third-order valence-corrected chi connectivity index (χ3v) is 2.73. The SMILES string of the molecule is CC(=O)Nc1ccc(OC2CCCNC2)cc1.Cl. The first kappa shape index (κ1) is 14.8. The molecular weight excluding hydrogens is 252 g/mol. The number of halogens is 1. The summed E-state index contributed by atoms with van der Waals surface area (Å²) in [5.74, 6) is 0.794. The van der Waals surface area contributed by atoms with E-state index in [1.54, 1.807) is 0 Å². The van der Waals surface area contributed by atoms with Crippen molar-refractivity contribution >= 4 is 24.0 Å². The van der Waals surface area contributed by atoms with Gasteiger partial charge in [-0.25, -0.2) is 0 Å². The van der Waals surface area contributed by atoms with Crippen LogP contribution in [-0.4, -0.2) is 25.1 Å². The Labute approximate surface area is 114 Å². The largest absolute Gasteiger partial charge is 0.489 e. The number of rotatable bonds is 3. The minimum atomic E-state index is -0.0600. The molecule has 0 bridgehead atoms. The predicted molar refractivity (Wildman–Crippen MR) is 74.5 cm³/mol. The van der Waals surface area contributed by atoms with Crippen LogP contribution < -0.4 is 15.4 Å². The van der Waals surface area contributed by atoms with Gasteiger partial charge >= 0.3 is 0 Å². The van der Waals surface area contributed by atoms with Crippen molar-refractivity contribution in [3.05, 3.63) is 24.3 Å². The maximum absolute atomic E-state index is 10.9. The number of hydrogen-bond donors (Lipinski definition) is 2. The first-order chi connectivity index (χ1) is 8.24. The maximum Gasteiger partial charge on any atom is 0.221 e. The molecule has 1 unspecified atom stereocenters. The molecule has 1 saturated heterocycles. The molecule has 0 aromatic heterocycles. The van der Waals surface area contributed by atoms with Gasteiger partial charge in [-0.05, 0) is 43.7 Å². The molecule has 1 aromatic carbocycles. The van der Waals surface area contributed by atoms with E-state index in [0.29, 0.717) is 0 Å². The molecule has 2 N–H and O–H groups in total. The molecule has 0 saturated carbocycles. The van der Waals surface area contributed by atoms with Crippen molar-refractivity contribution < 1.29 is 9.53 Å². The molecule has 4 nitrogen and oxygen atoms in total. The van der Waals surface area contributed by atoms with E-state index < -0.39 is 0 Å². The second kappa shape index (κ2) is 7.24. The van der Waals surface area contributed by atoms with E-state index >= 15 is 0 Å². The zero-order valence-electron chi connectivity index (χ0n) is 10.4. The zero-order chi connectivity index (χ0) is 12.1. The number of amides is 1. The lowest BCUT2D eigenvalue weighted by Gasteiger charge is -2.24. The predicted octanol–water partition coefficient (Wildman–Crippen LogP) is 2.20. The van der Waals surface area contributed by atoms with Gasteiger partial charge < -0.3 is 15.4 Å². The van der Waals surface area contributed by atoms with E-state index in [1.807, 2.05) is 24.3 Å². The number of carbonyl (C=O) groups excluding carboxylic acids is 1. The molecule has 1 aliphatic rings. The number of piperidine rings is 1. The summed E-state index contributed by atoms with van der Waals surface area (Å²) in [5, 5.41) is 6.04. The van der Waals surface area contributed by atoms with Crippen molar-refractivity contribution in [1.82, 2.24) is 5.32 Å². The fraction of sp³-hybridized carbons (Fsp3) is 0.462. The Hall–Kier alpha value is -1.26. The Morgan fingerprint density at radius 3 is 2.67 bits per heavy atom. The lowest BCUT2D eigenvalue weighted by Crippen LogP contribution is -2.37. The molecule has 1 heterocycles. The van der Waals surface area contributed by atoms with E-state index in [0.717, 1.165) is 37.4 Å². The van der Waals surface area contributed by atoms with Crippen LogP contribution in [0, 0.1) is 0 Å². The van der Waals surface area contributed by atoms with Gasteiger partial charge in [0.2, 0.25) is 5.91 Å². The zero-order valence-corrected chi connectivity index (χ0v) is 11.3. The molecular formula is C13H19ClN2O2. The number of nitrogens with one attached hydrogen (secondary N) is 2. The molecule has 100 valence electrons. The average molecular weight is 271 g/mol. The van der Waals surface area contributed by atoms with E-state index in [-0.39, 0.29) is 24.4 Å².